The van der Waals surface area contributed by atoms with E-state index in [1.165, 1.54) is 48.2 Å². The number of carbonyl (C=O) groups is 8. The van der Waals surface area contributed by atoms with Gasteiger partial charge in [0.1, 0.15) is 82.2 Å². The first-order valence-electron chi connectivity index (χ1n) is 29.0. The maximum Gasteiger partial charge on any atom is 0.306 e. The average molecular weight is 1350 g/mol. The van der Waals surface area contributed by atoms with Gasteiger partial charge in [-0.05, 0) is 62.6 Å². The first-order valence-corrected chi connectivity index (χ1v) is 34.1. The van der Waals surface area contributed by atoms with Gasteiger partial charge in [-0.25, -0.2) is 34.9 Å². The summed E-state index contributed by atoms with van der Waals surface area (Å²) in [6.45, 7) is 5.13. The lowest BCUT2D eigenvalue weighted by atomic mass is 10.0. The van der Waals surface area contributed by atoms with Crippen LogP contribution in [0.3, 0.4) is 0 Å². The number of aliphatic hydroxyl groups excluding tert-OH is 1. The Balaban J connectivity index is 1.04. The number of aliphatic hydroxyl groups is 1. The summed E-state index contributed by atoms with van der Waals surface area (Å²) in [5.74, 6) is -6.24. The van der Waals surface area contributed by atoms with Gasteiger partial charge in [-0.3, -0.25) is 43.3 Å². The largest absolute Gasteiger partial charge is 0.481 e. The fraction of sp³-hybridized carbons (Fsp3) is 0.383. The molecule has 6 atom stereocenters. The van der Waals surface area contributed by atoms with E-state index in [2.05, 4.69) is 26.6 Å². The van der Waals surface area contributed by atoms with E-state index < -0.39 is 84.1 Å². The number of hydrogen-bond donors (Lipinski definition) is 8. The zero-order valence-corrected chi connectivity index (χ0v) is 54.6. The second-order valence-corrected chi connectivity index (χ2v) is 27.7. The quantitative estimate of drug-likeness (QED) is 0.0395. The highest BCUT2D eigenvalue weighted by molar-refractivity contribution is 7.15. The highest BCUT2D eigenvalue weighted by atomic mass is 32.1. The molecule has 6 amide bonds. The molecule has 0 radical (unpaired) electrons. The highest BCUT2D eigenvalue weighted by Crippen LogP contribution is 2.41. The third kappa shape index (κ3) is 15.4. The zero-order chi connectivity index (χ0) is 64.6. The molecule has 0 saturated heterocycles. The van der Waals surface area contributed by atoms with E-state index in [4.69, 9.17) is 39.6 Å². The lowest BCUT2D eigenvalue weighted by Crippen LogP contribution is -2.40. The summed E-state index contributed by atoms with van der Waals surface area (Å²) in [6.07, 6.45) is 0.800. The van der Waals surface area contributed by atoms with Gasteiger partial charge in [0, 0.05) is 65.0 Å². The Morgan fingerprint density at radius 1 is 0.692 bits per heavy atom. The van der Waals surface area contributed by atoms with E-state index in [0.717, 1.165) is 34.0 Å². The number of unbranched alkanes of at least 4 members (excludes halogenated alkanes) is 2. The molecule has 1 aliphatic heterocycles. The number of benzene rings is 1. The van der Waals surface area contributed by atoms with Crippen molar-refractivity contribution in [3.8, 4) is 43.4 Å². The van der Waals surface area contributed by atoms with E-state index in [9.17, 15) is 53.7 Å². The summed E-state index contributed by atoms with van der Waals surface area (Å²) in [7, 11) is 2.92. The Morgan fingerprint density at radius 2 is 1.41 bits per heavy atom. The van der Waals surface area contributed by atoms with Gasteiger partial charge in [-0.15, -0.1) is 68.0 Å². The third-order valence-electron chi connectivity index (χ3n) is 15.2. The Hall–Kier alpha value is -8.17. The van der Waals surface area contributed by atoms with Crippen LogP contribution in [0.25, 0.3) is 43.4 Å². The number of carboxylic acids is 2. The van der Waals surface area contributed by atoms with Crippen LogP contribution in [0.1, 0.15) is 151 Å². The summed E-state index contributed by atoms with van der Waals surface area (Å²) in [5.41, 5.74) is 2.46. The molecule has 10 rings (SSSR count). The van der Waals surface area contributed by atoms with Crippen LogP contribution in [-0.2, 0) is 35.3 Å². The smallest absolute Gasteiger partial charge is 0.306 e. The van der Waals surface area contributed by atoms with Crippen LogP contribution in [0.15, 0.2) is 64.0 Å². The van der Waals surface area contributed by atoms with Crippen LogP contribution in [0.2, 0.25) is 0 Å². The van der Waals surface area contributed by atoms with Crippen LogP contribution in [0, 0.1) is 24.7 Å². The summed E-state index contributed by atoms with van der Waals surface area (Å²) in [5, 5.41) is 54.1. The third-order valence-corrected chi connectivity index (χ3v) is 20.9. The number of nitrogens with one attached hydrogen (secondary N) is 5. The summed E-state index contributed by atoms with van der Waals surface area (Å²) in [6, 6.07) is 9.35. The van der Waals surface area contributed by atoms with Crippen molar-refractivity contribution in [1.29, 1.82) is 0 Å². The molecule has 2 aliphatic rings. The minimum Gasteiger partial charge on any atom is -0.481 e. The number of ether oxygens (including phenoxy) is 1. The fourth-order valence-corrected chi connectivity index (χ4v) is 16.0. The highest BCUT2D eigenvalue weighted by Gasteiger charge is 2.38. The molecule has 1 aliphatic carbocycles. The van der Waals surface area contributed by atoms with Crippen LogP contribution in [0.4, 0.5) is 5.82 Å². The standard InChI is InChI=1S/C60H63N13O12S6/c1-28(2)44-58-72-47(39(91-58)23-85-5)51(80)62-22-42(75)69-48(49(78)30-12-8-6-9-13-30)57-67-38(26-88-57)55-65-36(24-87-55)46-33(53-66-37(25-86-53)50(79)64-35(21-41(74)61-4)56-71-45(29(3)90-56)52(81)70-44)17-18-34(63-46)54-68-40(27-89-54)73(19-11-7-10-14-43(76)77)59(82)31-15-16-32(20-31)60(83)84/h6,8-9,12-13,17-18,24-28,31-32,35,44,48-49,78H,7,10-11,14-16,19-23H2,1-5H3,(H,61,74)(H,62,80)(H,64,79)(H,69,75)(H,70,81)(H,76,77)(H,83,84)/t31-,32-,35-,44-,48-,49-/m0/s1. The van der Waals surface area contributed by atoms with Gasteiger partial charge in [0.25, 0.3) is 17.7 Å². The van der Waals surface area contributed by atoms with Crippen LogP contribution >= 0.6 is 68.0 Å². The predicted octanol–water partition coefficient (Wildman–Crippen LogP) is 8.79. The molecule has 7 aromatic heterocycles. The number of amides is 6. The SMILES string of the molecule is CNC(=O)C[C@@H]1NC(=O)c2csc(n2)-c2ccc(-c3nc(N(CCCCCC(=O)O)C(=O)[C@H]4CC[C@H](C(=O)O)C4)cs3)nc2-c2csc(n2)-c2csc(n2)[C@H]([C@@H](O)c2ccccc2)NC(=O)CNC(=O)c2nc(sc2COC)[C@H](C(C)C)NC(=O)c2nc1sc2C. The first kappa shape index (κ1) is 65.8. The summed E-state index contributed by atoms with van der Waals surface area (Å²) in [4.78, 5) is 144. The van der Waals surface area contributed by atoms with Crippen molar-refractivity contribution in [2.45, 2.75) is 103 Å². The van der Waals surface area contributed by atoms with Crippen LogP contribution in [-0.4, -0.2) is 125 Å². The fourth-order valence-electron chi connectivity index (χ4n) is 10.4. The van der Waals surface area contributed by atoms with Crippen molar-refractivity contribution in [3.05, 3.63) is 111 Å². The number of anilines is 1. The zero-order valence-electron chi connectivity index (χ0n) is 49.7. The average Bonchev–Trinajstić information content (AvgIpc) is 1.79. The van der Waals surface area contributed by atoms with Crippen molar-refractivity contribution >= 4 is 121 Å². The molecule has 25 nitrogen and oxygen atoms in total. The number of carbonyl (C=O) groups excluding carboxylic acids is 6. The lowest BCUT2D eigenvalue weighted by molar-refractivity contribution is -0.141. The van der Waals surface area contributed by atoms with Gasteiger partial charge in [-0.1, -0.05) is 50.6 Å². The molecule has 31 heteroatoms. The number of fused-ring (bicyclic) bond motifs is 14. The second-order valence-electron chi connectivity index (χ2n) is 21.9. The predicted molar refractivity (Wildman–Crippen MR) is 344 cm³/mol. The maximum absolute atomic E-state index is 14.4. The van der Waals surface area contributed by atoms with Crippen molar-refractivity contribution in [2.24, 2.45) is 17.8 Å². The molecule has 8 heterocycles. The van der Waals surface area contributed by atoms with Crippen molar-refractivity contribution in [2.75, 3.05) is 32.1 Å². The number of nitrogens with zero attached hydrogens (tertiary/aromatic N) is 8. The Bertz CT molecular complexity index is 4010. The number of hydrogen-bond acceptors (Lipinski definition) is 23. The Kier molecular flexibility index (Phi) is 21.3. The van der Waals surface area contributed by atoms with E-state index >= 15 is 0 Å². The number of carboxylic acid groups (broad SMARTS) is 2. The van der Waals surface area contributed by atoms with E-state index in [1.807, 2.05) is 13.8 Å². The van der Waals surface area contributed by atoms with Gasteiger partial charge >= 0.3 is 11.9 Å². The molecule has 1 fully saturated rings. The first-order chi connectivity index (χ1) is 43.8. The number of thiazole rings is 6. The van der Waals surface area contributed by atoms with Crippen molar-refractivity contribution in [1.82, 2.24) is 61.5 Å². The minimum absolute atomic E-state index is 0.00113. The van der Waals surface area contributed by atoms with Crippen molar-refractivity contribution in [3.63, 3.8) is 0 Å². The van der Waals surface area contributed by atoms with Crippen molar-refractivity contribution < 1.29 is 58.4 Å². The summed E-state index contributed by atoms with van der Waals surface area (Å²) >= 11 is 7.08. The van der Waals surface area contributed by atoms with E-state index in [0.29, 0.717) is 107 Å². The molecule has 0 spiro atoms. The molecule has 1 aromatic carbocycles. The van der Waals surface area contributed by atoms with Crippen LogP contribution < -0.4 is 31.5 Å². The second kappa shape index (κ2) is 29.4. The number of methoxy groups -OCH3 is 1. The van der Waals surface area contributed by atoms with Gasteiger partial charge in [-0.2, -0.15) is 0 Å². The number of aliphatic carboxylic acids is 2. The number of pyridine rings is 1. The number of rotatable bonds is 17. The molecule has 91 heavy (non-hydrogen) atoms. The normalized spacial score (nSPS) is 18.4. The Morgan fingerprint density at radius 3 is 2.14 bits per heavy atom. The minimum atomic E-state index is -1.30. The van der Waals surface area contributed by atoms with Gasteiger partial charge in [0.2, 0.25) is 17.7 Å². The van der Waals surface area contributed by atoms with Gasteiger partial charge < -0.3 is 46.6 Å². The summed E-state index contributed by atoms with van der Waals surface area (Å²) < 4.78 is 5.46. The van der Waals surface area contributed by atoms with E-state index in [-0.39, 0.29) is 66.3 Å². The Labute approximate surface area is 545 Å². The van der Waals surface area contributed by atoms with Gasteiger partial charge in [0.15, 0.2) is 0 Å². The topological polar surface area (TPSA) is 360 Å². The van der Waals surface area contributed by atoms with Gasteiger partial charge in [0.05, 0.1) is 48.1 Å². The monoisotopic (exact) mass is 1350 g/mol. The molecule has 8 aromatic rings. The number of aromatic nitrogens is 7. The molecule has 0 unspecified atom stereocenters. The molecule has 476 valence electrons. The maximum atomic E-state index is 14.4. The number of aryl methyl sites for hydroxylation is 1. The molecule has 10 bridgehead atoms. The van der Waals surface area contributed by atoms with Crippen LogP contribution in [0.5, 0.6) is 0 Å². The molecular weight excluding hydrogens is 1290 g/mol. The molecule has 1 saturated carbocycles. The van der Waals surface area contributed by atoms with E-state index in [1.54, 1.807) is 75.8 Å². The lowest BCUT2D eigenvalue weighted by Gasteiger charge is -2.24. The molecular formula is C60H63N13O12S6. The molecule has 8 N–H and O–H groups in total.